The first-order chi connectivity index (χ1) is 17.6. The van der Waals surface area contributed by atoms with Gasteiger partial charge >= 0.3 is 0 Å². The Morgan fingerprint density at radius 1 is 0.941 bits per heavy atom. The second-order valence-electron chi connectivity index (χ2n) is 6.71. The fraction of sp³-hybridized carbons (Fsp3) is 0.130. The van der Waals surface area contributed by atoms with E-state index in [1.54, 1.807) is 36.4 Å². The van der Waals surface area contributed by atoms with Crippen LogP contribution in [0.4, 0.5) is 5.82 Å². The Kier molecular flexibility index (Phi) is 5.49. The molecule has 11 heteroatoms. The topological polar surface area (TPSA) is 125 Å². The van der Waals surface area contributed by atoms with Gasteiger partial charge in [0, 0.05) is 28.3 Å². The molecule has 0 aliphatic rings. The Hall–Kier alpha value is -4.25. The fourth-order valence-corrected chi connectivity index (χ4v) is 3.83. The normalized spacial score (nSPS) is 12.7. The number of anilines is 1. The summed E-state index contributed by atoms with van der Waals surface area (Å²) in [6, 6.07) is 12.3. The van der Waals surface area contributed by atoms with Crippen LogP contribution in [-0.4, -0.2) is 42.6 Å². The van der Waals surface area contributed by atoms with E-state index >= 15 is 0 Å². The second-order valence-corrected chi connectivity index (χ2v) is 8.34. The summed E-state index contributed by atoms with van der Waals surface area (Å²) in [6.45, 7) is -2.43. The van der Waals surface area contributed by atoms with Gasteiger partial charge in [-0.3, -0.25) is 9.71 Å². The first-order valence-electron chi connectivity index (χ1n) is 11.3. The van der Waals surface area contributed by atoms with E-state index in [4.69, 9.17) is 18.3 Å². The zero-order valence-electron chi connectivity index (χ0n) is 21.1. The van der Waals surface area contributed by atoms with Crippen molar-refractivity contribution in [1.82, 2.24) is 19.9 Å². The van der Waals surface area contributed by atoms with Gasteiger partial charge < -0.3 is 14.2 Å². The van der Waals surface area contributed by atoms with E-state index in [9.17, 15) is 8.42 Å². The molecule has 0 aliphatic carbocycles. The Morgan fingerprint density at radius 3 is 2.35 bits per heavy atom. The van der Waals surface area contributed by atoms with Crippen molar-refractivity contribution in [2.45, 2.75) is 11.9 Å². The maximum atomic E-state index is 13.2. The molecular weight excluding hydrogens is 458 g/mol. The molecule has 174 valence electrons. The number of para-hydroxylation sites is 2. The maximum Gasteiger partial charge on any atom is 0.280 e. The summed E-state index contributed by atoms with van der Waals surface area (Å²) in [7, 11) is -1.54. The zero-order chi connectivity index (χ0) is 26.6. The third-order valence-electron chi connectivity index (χ3n) is 4.49. The highest BCUT2D eigenvalue weighted by molar-refractivity contribution is 7.92. The van der Waals surface area contributed by atoms with Gasteiger partial charge in [-0.05, 0) is 42.7 Å². The molecule has 0 radical (unpaired) electrons. The van der Waals surface area contributed by atoms with E-state index in [1.165, 1.54) is 32.7 Å². The van der Waals surface area contributed by atoms with Crippen LogP contribution in [-0.2, 0) is 10.0 Å². The number of sulfonamides is 1. The van der Waals surface area contributed by atoms with Crippen LogP contribution in [0.25, 0.3) is 11.4 Å². The summed E-state index contributed by atoms with van der Waals surface area (Å²) in [5.74, 6) is 0.326. The highest BCUT2D eigenvalue weighted by atomic mass is 32.2. The molecule has 0 atom stereocenters. The van der Waals surface area contributed by atoms with Crippen LogP contribution < -0.4 is 18.9 Å². The third kappa shape index (κ3) is 4.89. The Bertz CT molecular complexity index is 1500. The lowest BCUT2D eigenvalue weighted by Gasteiger charge is -2.17. The molecule has 0 spiro atoms. The van der Waals surface area contributed by atoms with Crippen LogP contribution in [0.2, 0.25) is 0 Å². The first kappa shape index (κ1) is 19.2. The third-order valence-corrected chi connectivity index (χ3v) is 5.74. The number of benzene rings is 1. The van der Waals surface area contributed by atoms with Gasteiger partial charge in [-0.15, -0.1) is 0 Å². The van der Waals surface area contributed by atoms with Crippen molar-refractivity contribution in [3.63, 3.8) is 0 Å². The second kappa shape index (κ2) is 9.71. The Morgan fingerprint density at radius 2 is 1.71 bits per heavy atom. The van der Waals surface area contributed by atoms with E-state index in [0.29, 0.717) is 11.3 Å². The van der Waals surface area contributed by atoms with Gasteiger partial charge in [-0.1, -0.05) is 18.2 Å². The number of rotatable bonds is 8. The molecule has 0 fully saturated rings. The van der Waals surface area contributed by atoms with Crippen molar-refractivity contribution >= 4 is 15.8 Å². The molecule has 0 bridgehead atoms. The molecule has 0 saturated heterocycles. The number of pyridine rings is 2. The monoisotopic (exact) mass is 482 g/mol. The lowest BCUT2D eigenvalue weighted by atomic mass is 10.2. The number of aryl methyl sites for hydroxylation is 1. The van der Waals surface area contributed by atoms with E-state index in [-0.39, 0.29) is 34.6 Å². The number of aromatic nitrogens is 4. The Labute approximate surface area is 200 Å². The summed E-state index contributed by atoms with van der Waals surface area (Å²) < 4.78 is 67.9. The van der Waals surface area contributed by atoms with Gasteiger partial charge in [0.25, 0.3) is 15.9 Å². The van der Waals surface area contributed by atoms with Crippen molar-refractivity contribution in [2.75, 3.05) is 18.9 Å². The predicted molar refractivity (Wildman–Crippen MR) is 125 cm³/mol. The predicted octanol–water partition coefficient (Wildman–Crippen LogP) is 3.85. The van der Waals surface area contributed by atoms with Crippen molar-refractivity contribution in [3.05, 3.63) is 72.7 Å². The van der Waals surface area contributed by atoms with Crippen LogP contribution >= 0.6 is 0 Å². The quantitative estimate of drug-likeness (QED) is 0.398. The summed E-state index contributed by atoms with van der Waals surface area (Å²) in [5.41, 5.74) is 0.438. The highest BCUT2D eigenvalue weighted by Crippen LogP contribution is 2.41. The molecule has 34 heavy (non-hydrogen) atoms. The average Bonchev–Trinajstić information content (AvgIpc) is 2.89. The lowest BCUT2D eigenvalue weighted by Crippen LogP contribution is -2.17. The van der Waals surface area contributed by atoms with E-state index in [2.05, 4.69) is 24.7 Å². The molecule has 4 rings (SSSR count). The molecule has 0 aliphatic heterocycles. The molecule has 3 heterocycles. The zero-order valence-corrected chi connectivity index (χ0v) is 18.9. The molecule has 0 unspecified atom stereocenters. The molecule has 10 nitrogen and oxygen atoms in total. The van der Waals surface area contributed by atoms with Gasteiger partial charge in [-0.25, -0.2) is 9.97 Å². The van der Waals surface area contributed by atoms with Crippen molar-refractivity contribution in [2.24, 2.45) is 0 Å². The molecule has 1 N–H and O–H groups in total. The molecule has 4 aromatic rings. The van der Waals surface area contributed by atoms with Crippen LogP contribution in [0, 0.1) is 6.85 Å². The van der Waals surface area contributed by atoms with Crippen LogP contribution in [0.3, 0.4) is 0 Å². The van der Waals surface area contributed by atoms with Gasteiger partial charge in [0.2, 0.25) is 5.75 Å². The summed E-state index contributed by atoms with van der Waals surface area (Å²) >= 11 is 0. The first-order valence-corrected chi connectivity index (χ1v) is 11.3. The van der Waals surface area contributed by atoms with Crippen LogP contribution in [0.1, 0.15) is 9.68 Å². The molecule has 0 amide bonds. The maximum absolute atomic E-state index is 13.2. The minimum absolute atomic E-state index is 0.0591. The SMILES string of the molecule is [2H]C([2H])([2H])c1ccc(S(=O)(=O)Nc2nc(-c3ccncc3)nc(OC)c2Oc2ccccc2OC)nc1. The van der Waals surface area contributed by atoms with E-state index in [0.717, 1.165) is 12.3 Å². The number of nitrogens with zero attached hydrogens (tertiary/aromatic N) is 4. The highest BCUT2D eigenvalue weighted by Gasteiger charge is 2.25. The van der Waals surface area contributed by atoms with Gasteiger partial charge in [0.1, 0.15) is 0 Å². The largest absolute Gasteiger partial charge is 0.493 e. The number of nitrogens with one attached hydrogen (secondary N) is 1. The summed E-state index contributed by atoms with van der Waals surface area (Å²) in [4.78, 5) is 16.5. The van der Waals surface area contributed by atoms with Gasteiger partial charge in [-0.2, -0.15) is 13.4 Å². The minimum Gasteiger partial charge on any atom is -0.493 e. The van der Waals surface area contributed by atoms with E-state index < -0.39 is 21.9 Å². The molecule has 0 saturated carbocycles. The minimum atomic E-state index is -4.34. The average molecular weight is 483 g/mol. The smallest absolute Gasteiger partial charge is 0.280 e. The summed E-state index contributed by atoms with van der Waals surface area (Å²) in [6.07, 6.45) is 4.05. The van der Waals surface area contributed by atoms with Gasteiger partial charge in [0.15, 0.2) is 28.2 Å². The van der Waals surface area contributed by atoms with Gasteiger partial charge in [0.05, 0.1) is 14.2 Å². The van der Waals surface area contributed by atoms with Crippen molar-refractivity contribution in [3.8, 4) is 34.5 Å². The Balaban J connectivity index is 1.83. The lowest BCUT2D eigenvalue weighted by molar-refractivity contribution is 0.348. The van der Waals surface area contributed by atoms with Crippen molar-refractivity contribution in [1.29, 1.82) is 0 Å². The molecule has 3 aromatic heterocycles. The molecular formula is C23H21N5O5S. The summed E-state index contributed by atoms with van der Waals surface area (Å²) in [5, 5.41) is -0.424. The number of ether oxygens (including phenoxy) is 3. The van der Waals surface area contributed by atoms with Crippen molar-refractivity contribution < 1.29 is 26.7 Å². The molecule has 1 aromatic carbocycles. The van der Waals surface area contributed by atoms with Crippen LogP contribution in [0.15, 0.2) is 72.1 Å². The van der Waals surface area contributed by atoms with Crippen LogP contribution in [0.5, 0.6) is 23.1 Å². The number of hydrogen-bond donors (Lipinski definition) is 1. The number of hydrogen-bond acceptors (Lipinski definition) is 9. The number of methoxy groups -OCH3 is 2. The van der Waals surface area contributed by atoms with E-state index in [1.807, 2.05) is 0 Å². The standard InChI is InChI=1S/C23H21N5O5S/c1-15-8-9-19(25-14-15)34(29,30)28-22-20(33-18-7-5-4-6-17(18)31-2)23(32-3)27-21(26-22)16-10-12-24-13-11-16/h4-14H,1-3H3,(H,26,27,28)/i1D3. The fourth-order valence-electron chi connectivity index (χ4n) is 2.89.